The molecule has 0 heterocycles. The molecule has 13 heavy (non-hydrogen) atoms. The van der Waals surface area contributed by atoms with Gasteiger partial charge in [-0.1, -0.05) is 33.6 Å². The summed E-state index contributed by atoms with van der Waals surface area (Å²) in [6, 6.07) is 5.78. The van der Waals surface area contributed by atoms with Gasteiger partial charge in [-0.25, -0.2) is 0 Å². The minimum Gasteiger partial charge on any atom is -0.390 e. The van der Waals surface area contributed by atoms with Crippen LogP contribution in [-0.4, -0.2) is 10.7 Å². The smallest absolute Gasteiger partial charge is 0.0690 e. The van der Waals surface area contributed by atoms with E-state index in [1.165, 1.54) is 0 Å². The minimum atomic E-state index is -0.461. The van der Waals surface area contributed by atoms with Crippen LogP contribution in [0.5, 0.6) is 0 Å². The highest BCUT2D eigenvalue weighted by molar-refractivity contribution is 9.10. The van der Waals surface area contributed by atoms with Crippen LogP contribution in [-0.2, 0) is 6.42 Å². The molecule has 0 amide bonds. The fourth-order valence-corrected chi connectivity index (χ4v) is 2.08. The second kappa shape index (κ2) is 3.26. The van der Waals surface area contributed by atoms with E-state index in [0.29, 0.717) is 6.42 Å². The molecule has 70 valence electrons. The van der Waals surface area contributed by atoms with Gasteiger partial charge in [-0.05, 0) is 30.5 Å². The molecular formula is C10H10BrClO. The number of aliphatic hydroxyl groups is 1. The predicted octanol–water partition coefficient (Wildman–Crippen LogP) is 3.17. The Morgan fingerprint density at radius 3 is 2.69 bits per heavy atom. The van der Waals surface area contributed by atoms with Gasteiger partial charge in [0.05, 0.1) is 5.60 Å². The van der Waals surface area contributed by atoms with Gasteiger partial charge in [0.2, 0.25) is 0 Å². The Hall–Kier alpha value is -0.0500. The molecule has 1 aliphatic rings. The number of hydrogen-bond acceptors (Lipinski definition) is 1. The summed E-state index contributed by atoms with van der Waals surface area (Å²) >= 11 is 9.37. The van der Waals surface area contributed by atoms with Crippen molar-refractivity contribution in [2.24, 2.45) is 0 Å². The van der Waals surface area contributed by atoms with Crippen molar-refractivity contribution in [2.75, 3.05) is 0 Å². The van der Waals surface area contributed by atoms with Crippen molar-refractivity contribution >= 4 is 27.5 Å². The first kappa shape index (κ1) is 9.50. The van der Waals surface area contributed by atoms with Crippen molar-refractivity contribution < 1.29 is 5.11 Å². The molecule has 0 saturated heterocycles. The van der Waals surface area contributed by atoms with E-state index in [9.17, 15) is 5.11 Å². The summed E-state index contributed by atoms with van der Waals surface area (Å²) in [6.45, 7) is 0. The second-order valence-electron chi connectivity index (χ2n) is 3.64. The van der Waals surface area contributed by atoms with Crippen molar-refractivity contribution in [3.63, 3.8) is 0 Å². The van der Waals surface area contributed by atoms with Crippen LogP contribution < -0.4 is 0 Å². The Balaban J connectivity index is 2.20. The molecule has 1 N–H and O–H groups in total. The Morgan fingerprint density at radius 1 is 1.46 bits per heavy atom. The van der Waals surface area contributed by atoms with Crippen molar-refractivity contribution in [1.29, 1.82) is 0 Å². The van der Waals surface area contributed by atoms with Crippen molar-refractivity contribution in [3.05, 3.63) is 33.3 Å². The van der Waals surface area contributed by atoms with E-state index < -0.39 is 5.60 Å². The highest BCUT2D eigenvalue weighted by Gasteiger charge is 2.40. The van der Waals surface area contributed by atoms with Crippen LogP contribution in [0.2, 0.25) is 5.02 Å². The van der Waals surface area contributed by atoms with Gasteiger partial charge >= 0.3 is 0 Å². The lowest BCUT2D eigenvalue weighted by atomic mass is 10.1. The zero-order valence-electron chi connectivity index (χ0n) is 7.06. The molecule has 0 unspecified atom stereocenters. The molecule has 1 nitrogen and oxygen atoms in total. The molecule has 1 aromatic rings. The molecule has 0 atom stereocenters. The molecule has 0 aromatic heterocycles. The fraction of sp³-hybridized carbons (Fsp3) is 0.400. The summed E-state index contributed by atoms with van der Waals surface area (Å²) < 4.78 is 0.976. The quantitative estimate of drug-likeness (QED) is 0.867. The summed E-state index contributed by atoms with van der Waals surface area (Å²) in [5.41, 5.74) is 0.571. The third kappa shape index (κ3) is 2.25. The lowest BCUT2D eigenvalue weighted by molar-refractivity contribution is 0.151. The van der Waals surface area contributed by atoms with Gasteiger partial charge in [-0.2, -0.15) is 0 Å². The monoisotopic (exact) mass is 260 g/mol. The summed E-state index contributed by atoms with van der Waals surface area (Å²) in [5.74, 6) is 0. The topological polar surface area (TPSA) is 20.2 Å². The lowest BCUT2D eigenvalue weighted by Gasteiger charge is -2.09. The van der Waals surface area contributed by atoms with Gasteiger partial charge in [-0.15, -0.1) is 0 Å². The first-order valence-electron chi connectivity index (χ1n) is 4.25. The Morgan fingerprint density at radius 2 is 2.15 bits per heavy atom. The standard InChI is InChI=1S/C10H10BrClO/c11-8-2-1-7(9(12)5-8)6-10(13)3-4-10/h1-2,5,13H,3-4,6H2. The van der Waals surface area contributed by atoms with E-state index in [0.717, 1.165) is 27.9 Å². The highest BCUT2D eigenvalue weighted by atomic mass is 79.9. The fourth-order valence-electron chi connectivity index (χ4n) is 1.34. The van der Waals surface area contributed by atoms with Gasteiger partial charge in [-0.3, -0.25) is 0 Å². The molecule has 1 aliphatic carbocycles. The summed E-state index contributed by atoms with van der Waals surface area (Å²) in [4.78, 5) is 0. The molecule has 0 radical (unpaired) electrons. The normalized spacial score (nSPS) is 18.7. The summed E-state index contributed by atoms with van der Waals surface area (Å²) in [7, 11) is 0. The molecule has 1 saturated carbocycles. The molecule has 0 bridgehead atoms. The third-order valence-corrected chi connectivity index (χ3v) is 3.21. The van der Waals surface area contributed by atoms with Crippen LogP contribution in [0.15, 0.2) is 22.7 Å². The Kier molecular flexibility index (Phi) is 2.39. The van der Waals surface area contributed by atoms with E-state index in [2.05, 4.69) is 15.9 Å². The summed E-state index contributed by atoms with van der Waals surface area (Å²) in [5, 5.41) is 10.4. The Labute approximate surface area is 90.9 Å². The third-order valence-electron chi connectivity index (χ3n) is 2.36. The zero-order valence-corrected chi connectivity index (χ0v) is 9.40. The maximum Gasteiger partial charge on any atom is 0.0690 e. The number of hydrogen-bond donors (Lipinski definition) is 1. The maximum atomic E-state index is 9.71. The van der Waals surface area contributed by atoms with Crippen molar-refractivity contribution in [3.8, 4) is 0 Å². The first-order valence-corrected chi connectivity index (χ1v) is 5.42. The number of halogens is 2. The van der Waals surface area contributed by atoms with E-state index >= 15 is 0 Å². The van der Waals surface area contributed by atoms with Crippen LogP contribution in [0.25, 0.3) is 0 Å². The van der Waals surface area contributed by atoms with Crippen molar-refractivity contribution in [1.82, 2.24) is 0 Å². The van der Waals surface area contributed by atoms with Crippen LogP contribution in [0, 0.1) is 0 Å². The molecule has 0 aliphatic heterocycles. The molecule has 1 fully saturated rings. The minimum absolute atomic E-state index is 0.461. The molecule has 0 spiro atoms. The maximum absolute atomic E-state index is 9.71. The zero-order chi connectivity index (χ0) is 9.47. The lowest BCUT2D eigenvalue weighted by Crippen LogP contribution is -2.10. The van der Waals surface area contributed by atoms with Crippen molar-refractivity contribution in [2.45, 2.75) is 24.9 Å². The van der Waals surface area contributed by atoms with Gasteiger partial charge in [0.1, 0.15) is 0 Å². The van der Waals surface area contributed by atoms with E-state index in [1.54, 1.807) is 0 Å². The van der Waals surface area contributed by atoms with Crippen LogP contribution in [0.4, 0.5) is 0 Å². The average molecular weight is 262 g/mol. The van der Waals surface area contributed by atoms with E-state index in [4.69, 9.17) is 11.6 Å². The molecule has 1 aromatic carbocycles. The molecule has 3 heteroatoms. The SMILES string of the molecule is OC1(Cc2ccc(Br)cc2Cl)CC1. The van der Waals surface area contributed by atoms with E-state index in [1.807, 2.05) is 18.2 Å². The second-order valence-corrected chi connectivity index (χ2v) is 4.96. The van der Waals surface area contributed by atoms with Crippen LogP contribution >= 0.6 is 27.5 Å². The Bertz CT molecular complexity index is 334. The summed E-state index contributed by atoms with van der Waals surface area (Å²) in [6.07, 6.45) is 2.48. The van der Waals surface area contributed by atoms with Gasteiger partial charge in [0.15, 0.2) is 0 Å². The number of benzene rings is 1. The highest BCUT2D eigenvalue weighted by Crippen LogP contribution is 2.39. The largest absolute Gasteiger partial charge is 0.390 e. The van der Waals surface area contributed by atoms with Gasteiger partial charge in [0.25, 0.3) is 0 Å². The first-order chi connectivity index (χ1) is 6.09. The molecular weight excluding hydrogens is 251 g/mol. The van der Waals surface area contributed by atoms with Crippen LogP contribution in [0.3, 0.4) is 0 Å². The van der Waals surface area contributed by atoms with Crippen LogP contribution in [0.1, 0.15) is 18.4 Å². The predicted molar refractivity (Wildman–Crippen MR) is 57.0 cm³/mol. The number of rotatable bonds is 2. The van der Waals surface area contributed by atoms with Gasteiger partial charge in [0, 0.05) is 15.9 Å². The van der Waals surface area contributed by atoms with Gasteiger partial charge < -0.3 is 5.11 Å². The van der Waals surface area contributed by atoms with E-state index in [-0.39, 0.29) is 0 Å². The average Bonchev–Trinajstić information content (AvgIpc) is 2.75. The molecule has 2 rings (SSSR count).